The summed E-state index contributed by atoms with van der Waals surface area (Å²) >= 11 is 0. The molecule has 1 unspecified atom stereocenters. The Morgan fingerprint density at radius 2 is 2.30 bits per heavy atom. The van der Waals surface area contributed by atoms with Crippen LogP contribution in [0.2, 0.25) is 0 Å². The maximum atomic E-state index is 11.2. The van der Waals surface area contributed by atoms with Crippen molar-refractivity contribution in [3.8, 4) is 0 Å². The summed E-state index contributed by atoms with van der Waals surface area (Å²) in [5, 5.41) is 0. The first kappa shape index (κ1) is 6.14. The number of hydrogen-bond acceptors (Lipinski definition) is 1. The average Bonchev–Trinajstić information content (AvgIpc) is 2.36. The molecular formula is C9H12O. The van der Waals surface area contributed by atoms with E-state index < -0.39 is 0 Å². The number of Topliss-reactive ketones (excluding diaryl/α,β-unsaturated/α-hetero) is 1. The molecule has 2 aliphatic rings. The van der Waals surface area contributed by atoms with Gasteiger partial charge in [0.15, 0.2) is 5.78 Å². The Morgan fingerprint density at radius 3 is 3.10 bits per heavy atom. The molecule has 0 aromatic carbocycles. The van der Waals surface area contributed by atoms with E-state index in [2.05, 4.69) is 6.08 Å². The zero-order chi connectivity index (χ0) is 6.97. The largest absolute Gasteiger partial charge is 0.295 e. The molecule has 1 heteroatoms. The molecule has 0 aromatic rings. The lowest BCUT2D eigenvalue weighted by atomic mass is 9.85. The van der Waals surface area contributed by atoms with Crippen LogP contribution in [0.15, 0.2) is 11.6 Å². The Labute approximate surface area is 61.1 Å². The predicted molar refractivity (Wildman–Crippen MR) is 39.7 cm³/mol. The molecule has 0 aliphatic heterocycles. The van der Waals surface area contributed by atoms with Gasteiger partial charge in [0.2, 0.25) is 0 Å². The zero-order valence-electron chi connectivity index (χ0n) is 6.10. The van der Waals surface area contributed by atoms with E-state index in [9.17, 15) is 4.79 Å². The molecule has 10 heavy (non-hydrogen) atoms. The molecule has 2 aliphatic carbocycles. The molecule has 0 radical (unpaired) electrons. The highest BCUT2D eigenvalue weighted by atomic mass is 16.1. The minimum Gasteiger partial charge on any atom is -0.295 e. The maximum Gasteiger partial charge on any atom is 0.158 e. The number of rotatable bonds is 0. The molecule has 1 nitrogen and oxygen atoms in total. The Hall–Kier alpha value is -0.590. The third-order valence-electron chi connectivity index (χ3n) is 2.60. The summed E-state index contributed by atoms with van der Waals surface area (Å²) in [6, 6.07) is 0. The molecular weight excluding hydrogens is 124 g/mol. The lowest BCUT2D eigenvalue weighted by Gasteiger charge is -2.18. The molecule has 0 bridgehead atoms. The smallest absolute Gasteiger partial charge is 0.158 e. The molecule has 0 amide bonds. The van der Waals surface area contributed by atoms with Gasteiger partial charge in [-0.2, -0.15) is 0 Å². The molecule has 1 atom stereocenters. The van der Waals surface area contributed by atoms with E-state index in [0.29, 0.717) is 11.7 Å². The Balaban J connectivity index is 2.22. The van der Waals surface area contributed by atoms with Crippen LogP contribution in [-0.2, 0) is 4.79 Å². The van der Waals surface area contributed by atoms with Crippen LogP contribution in [0.5, 0.6) is 0 Å². The normalized spacial score (nSPS) is 31.8. The highest BCUT2D eigenvalue weighted by molar-refractivity contribution is 5.96. The van der Waals surface area contributed by atoms with Gasteiger partial charge in [0.05, 0.1) is 0 Å². The van der Waals surface area contributed by atoms with E-state index >= 15 is 0 Å². The molecule has 0 spiro atoms. The monoisotopic (exact) mass is 136 g/mol. The van der Waals surface area contributed by atoms with Crippen molar-refractivity contribution in [1.82, 2.24) is 0 Å². The quantitative estimate of drug-likeness (QED) is 0.498. The van der Waals surface area contributed by atoms with Gasteiger partial charge < -0.3 is 0 Å². The van der Waals surface area contributed by atoms with Crippen molar-refractivity contribution < 1.29 is 4.79 Å². The third kappa shape index (κ3) is 0.808. The molecule has 0 heterocycles. The van der Waals surface area contributed by atoms with Crippen molar-refractivity contribution in [2.45, 2.75) is 32.1 Å². The fourth-order valence-corrected chi connectivity index (χ4v) is 2.06. The van der Waals surface area contributed by atoms with Crippen LogP contribution >= 0.6 is 0 Å². The van der Waals surface area contributed by atoms with Gasteiger partial charge in [-0.25, -0.2) is 0 Å². The molecule has 0 N–H and O–H groups in total. The van der Waals surface area contributed by atoms with Crippen LogP contribution in [0.1, 0.15) is 32.1 Å². The van der Waals surface area contributed by atoms with Crippen molar-refractivity contribution in [2.24, 2.45) is 5.92 Å². The molecule has 1 fully saturated rings. The Morgan fingerprint density at radius 1 is 1.40 bits per heavy atom. The van der Waals surface area contributed by atoms with Crippen LogP contribution in [0.25, 0.3) is 0 Å². The van der Waals surface area contributed by atoms with Crippen molar-refractivity contribution in [1.29, 1.82) is 0 Å². The first-order valence-corrected chi connectivity index (χ1v) is 4.11. The second kappa shape index (κ2) is 2.22. The second-order valence-electron chi connectivity index (χ2n) is 3.25. The van der Waals surface area contributed by atoms with E-state index in [1.54, 1.807) is 0 Å². The SMILES string of the molecule is O=C1CCCC2CCC=C12. The van der Waals surface area contributed by atoms with Gasteiger partial charge >= 0.3 is 0 Å². The summed E-state index contributed by atoms with van der Waals surface area (Å²) in [5.41, 5.74) is 1.16. The highest BCUT2D eigenvalue weighted by Crippen LogP contribution is 2.35. The van der Waals surface area contributed by atoms with Crippen molar-refractivity contribution >= 4 is 5.78 Å². The predicted octanol–water partition coefficient (Wildman–Crippen LogP) is 2.08. The van der Waals surface area contributed by atoms with E-state index in [-0.39, 0.29) is 0 Å². The van der Waals surface area contributed by atoms with Crippen LogP contribution in [0.4, 0.5) is 0 Å². The standard InChI is InChI=1S/C9H12O/c10-9-6-2-4-7-3-1-5-8(7)9/h5,7H,1-4,6H2. The van der Waals surface area contributed by atoms with Gasteiger partial charge in [-0.1, -0.05) is 6.08 Å². The summed E-state index contributed by atoms with van der Waals surface area (Å²) in [6.07, 6.45) is 7.72. The minimum absolute atomic E-state index is 0.425. The van der Waals surface area contributed by atoms with Gasteiger partial charge in [-0.15, -0.1) is 0 Å². The Bertz CT molecular complexity index is 191. The summed E-state index contributed by atoms with van der Waals surface area (Å²) in [6.45, 7) is 0. The van der Waals surface area contributed by atoms with E-state index in [0.717, 1.165) is 24.8 Å². The lowest BCUT2D eigenvalue weighted by Crippen LogP contribution is -2.15. The van der Waals surface area contributed by atoms with Crippen molar-refractivity contribution in [3.05, 3.63) is 11.6 Å². The molecule has 0 saturated heterocycles. The summed E-state index contributed by atoms with van der Waals surface area (Å²) in [5.74, 6) is 1.08. The number of allylic oxidation sites excluding steroid dienone is 2. The van der Waals surface area contributed by atoms with E-state index in [1.165, 1.54) is 12.8 Å². The van der Waals surface area contributed by atoms with Crippen LogP contribution in [0.3, 0.4) is 0 Å². The van der Waals surface area contributed by atoms with Crippen LogP contribution in [0, 0.1) is 5.92 Å². The maximum absolute atomic E-state index is 11.2. The van der Waals surface area contributed by atoms with Gasteiger partial charge in [0, 0.05) is 6.42 Å². The van der Waals surface area contributed by atoms with Crippen LogP contribution < -0.4 is 0 Å². The topological polar surface area (TPSA) is 17.1 Å². The summed E-state index contributed by atoms with van der Waals surface area (Å²) in [7, 11) is 0. The summed E-state index contributed by atoms with van der Waals surface area (Å²) < 4.78 is 0. The minimum atomic E-state index is 0.425. The molecule has 2 rings (SSSR count). The second-order valence-corrected chi connectivity index (χ2v) is 3.25. The molecule has 54 valence electrons. The third-order valence-corrected chi connectivity index (χ3v) is 2.60. The van der Waals surface area contributed by atoms with Crippen LogP contribution in [-0.4, -0.2) is 5.78 Å². The average molecular weight is 136 g/mol. The zero-order valence-corrected chi connectivity index (χ0v) is 6.10. The number of carbonyl (C=O) groups is 1. The van der Waals surface area contributed by atoms with Crippen molar-refractivity contribution in [2.75, 3.05) is 0 Å². The fourth-order valence-electron chi connectivity index (χ4n) is 2.06. The first-order valence-electron chi connectivity index (χ1n) is 4.11. The van der Waals surface area contributed by atoms with Gasteiger partial charge in [0.1, 0.15) is 0 Å². The Kier molecular flexibility index (Phi) is 1.37. The van der Waals surface area contributed by atoms with Gasteiger partial charge in [-0.05, 0) is 37.2 Å². The first-order chi connectivity index (χ1) is 4.88. The fraction of sp³-hybridized carbons (Fsp3) is 0.667. The van der Waals surface area contributed by atoms with Gasteiger partial charge in [0.25, 0.3) is 0 Å². The number of fused-ring (bicyclic) bond motifs is 1. The number of ketones is 1. The molecule has 0 aromatic heterocycles. The van der Waals surface area contributed by atoms with E-state index in [1.807, 2.05) is 0 Å². The number of hydrogen-bond donors (Lipinski definition) is 0. The van der Waals surface area contributed by atoms with Crippen molar-refractivity contribution in [3.63, 3.8) is 0 Å². The molecule has 1 saturated carbocycles. The number of carbonyl (C=O) groups excluding carboxylic acids is 1. The van der Waals surface area contributed by atoms with E-state index in [4.69, 9.17) is 0 Å². The van der Waals surface area contributed by atoms with Gasteiger partial charge in [-0.3, -0.25) is 4.79 Å². The lowest BCUT2D eigenvalue weighted by molar-refractivity contribution is -0.117. The summed E-state index contributed by atoms with van der Waals surface area (Å²) in [4.78, 5) is 11.2. The highest BCUT2D eigenvalue weighted by Gasteiger charge is 2.27.